The van der Waals surface area contributed by atoms with Crippen molar-refractivity contribution >= 4 is 11.8 Å². The van der Waals surface area contributed by atoms with E-state index in [2.05, 4.69) is 48.0 Å². The minimum Gasteiger partial charge on any atom is -0.359 e. The Morgan fingerprint density at radius 2 is 1.94 bits per heavy atom. The van der Waals surface area contributed by atoms with Crippen LogP contribution in [0.4, 0.5) is 11.8 Å². The van der Waals surface area contributed by atoms with Gasteiger partial charge >= 0.3 is 0 Å². The Morgan fingerprint density at radius 3 is 2.47 bits per heavy atom. The number of nitrogens with one attached hydrogen (secondary N) is 1. The first-order valence-corrected chi connectivity index (χ1v) is 6.12. The smallest absolute Gasteiger partial charge is 0.224 e. The molecular weight excluding hydrogens is 212 g/mol. The van der Waals surface area contributed by atoms with Crippen molar-refractivity contribution in [3.05, 3.63) is 11.8 Å². The first-order chi connectivity index (χ1) is 7.81. The highest BCUT2D eigenvalue weighted by atomic mass is 15.2. The number of hydrogen-bond donors (Lipinski definition) is 1. The number of aromatic nitrogens is 2. The molecule has 4 nitrogen and oxygen atoms in total. The van der Waals surface area contributed by atoms with Gasteiger partial charge in [-0.15, -0.1) is 0 Å². The number of anilines is 2. The lowest BCUT2D eigenvalue weighted by Gasteiger charge is -2.27. The van der Waals surface area contributed by atoms with Crippen LogP contribution in [-0.2, 0) is 0 Å². The second-order valence-corrected chi connectivity index (χ2v) is 5.64. The lowest BCUT2D eigenvalue weighted by molar-refractivity contribution is 0.417. The molecule has 0 bridgehead atoms. The molecule has 0 aliphatic heterocycles. The Hall–Kier alpha value is -1.32. The lowest BCUT2D eigenvalue weighted by Crippen LogP contribution is -2.30. The van der Waals surface area contributed by atoms with Gasteiger partial charge in [0, 0.05) is 31.9 Å². The van der Waals surface area contributed by atoms with Gasteiger partial charge < -0.3 is 10.2 Å². The van der Waals surface area contributed by atoms with Crippen LogP contribution in [0.15, 0.2) is 6.07 Å². The van der Waals surface area contributed by atoms with Crippen molar-refractivity contribution in [1.29, 1.82) is 0 Å². The molecule has 0 atom stereocenters. The molecule has 1 N–H and O–H groups in total. The van der Waals surface area contributed by atoms with Gasteiger partial charge in [0.1, 0.15) is 5.82 Å². The van der Waals surface area contributed by atoms with Crippen LogP contribution in [-0.4, -0.2) is 30.1 Å². The summed E-state index contributed by atoms with van der Waals surface area (Å²) in [4.78, 5) is 11.0. The Balaban J connectivity index is 2.89. The lowest BCUT2D eigenvalue weighted by atomic mass is 9.96. The summed E-state index contributed by atoms with van der Waals surface area (Å²) in [5, 5.41) is 3.16. The highest BCUT2D eigenvalue weighted by molar-refractivity contribution is 5.44. The summed E-state index contributed by atoms with van der Waals surface area (Å²) in [5.74, 6) is 1.69. The normalized spacial score (nSPS) is 11.4. The third-order valence-electron chi connectivity index (χ3n) is 2.28. The van der Waals surface area contributed by atoms with Crippen LogP contribution < -0.4 is 10.2 Å². The predicted octanol–water partition coefficient (Wildman–Crippen LogP) is 2.70. The first-order valence-electron chi connectivity index (χ1n) is 6.12. The molecule has 0 saturated carbocycles. The maximum absolute atomic E-state index is 4.51. The first kappa shape index (κ1) is 13.7. The molecule has 17 heavy (non-hydrogen) atoms. The van der Waals surface area contributed by atoms with E-state index in [1.807, 2.05) is 19.9 Å². The Morgan fingerprint density at radius 1 is 1.29 bits per heavy atom. The van der Waals surface area contributed by atoms with E-state index >= 15 is 0 Å². The molecule has 0 saturated heterocycles. The molecular formula is C13H24N4. The topological polar surface area (TPSA) is 41.1 Å². The molecule has 1 aromatic rings. The van der Waals surface area contributed by atoms with E-state index in [0.717, 1.165) is 24.6 Å². The average Bonchev–Trinajstić information content (AvgIpc) is 2.14. The molecule has 96 valence electrons. The van der Waals surface area contributed by atoms with Gasteiger partial charge in [-0.1, -0.05) is 20.8 Å². The second-order valence-electron chi connectivity index (χ2n) is 5.64. The minimum absolute atomic E-state index is 0.256. The van der Waals surface area contributed by atoms with Crippen molar-refractivity contribution < 1.29 is 0 Å². The fraction of sp³-hybridized carbons (Fsp3) is 0.692. The van der Waals surface area contributed by atoms with E-state index in [9.17, 15) is 0 Å². The summed E-state index contributed by atoms with van der Waals surface area (Å²) >= 11 is 0. The molecule has 0 aliphatic carbocycles. The molecule has 0 unspecified atom stereocenters. The maximum Gasteiger partial charge on any atom is 0.224 e. The van der Waals surface area contributed by atoms with Crippen LogP contribution in [0.2, 0.25) is 0 Å². The SMILES string of the molecule is CCNc1nc(C)cc(N(C)CC(C)(C)C)n1. The van der Waals surface area contributed by atoms with E-state index in [1.54, 1.807) is 0 Å². The molecule has 1 rings (SSSR count). The van der Waals surface area contributed by atoms with Crippen LogP contribution in [0.25, 0.3) is 0 Å². The van der Waals surface area contributed by atoms with Gasteiger partial charge in [0.05, 0.1) is 0 Å². The van der Waals surface area contributed by atoms with Crippen molar-refractivity contribution in [3.8, 4) is 0 Å². The second kappa shape index (κ2) is 5.34. The zero-order valence-corrected chi connectivity index (χ0v) is 11.8. The predicted molar refractivity (Wildman–Crippen MR) is 73.7 cm³/mol. The minimum atomic E-state index is 0.256. The standard InChI is InChI=1S/C13H24N4/c1-7-14-12-15-10(2)8-11(16-12)17(6)9-13(3,4)5/h8H,7,9H2,1-6H3,(H,14,15,16). The molecule has 0 spiro atoms. The van der Waals surface area contributed by atoms with E-state index < -0.39 is 0 Å². The fourth-order valence-electron chi connectivity index (χ4n) is 1.78. The van der Waals surface area contributed by atoms with Gasteiger partial charge in [0.25, 0.3) is 0 Å². The Kier molecular flexibility index (Phi) is 4.32. The Bertz CT molecular complexity index is 368. The van der Waals surface area contributed by atoms with Crippen LogP contribution in [0.3, 0.4) is 0 Å². The molecule has 4 heteroatoms. The molecule has 0 aromatic carbocycles. The van der Waals surface area contributed by atoms with Crippen LogP contribution in [0, 0.1) is 12.3 Å². The quantitative estimate of drug-likeness (QED) is 0.872. The third-order valence-corrected chi connectivity index (χ3v) is 2.28. The van der Waals surface area contributed by atoms with Gasteiger partial charge in [-0.3, -0.25) is 0 Å². The maximum atomic E-state index is 4.51. The van der Waals surface area contributed by atoms with Gasteiger partial charge in [-0.2, -0.15) is 4.98 Å². The van der Waals surface area contributed by atoms with Crippen molar-refractivity contribution in [3.63, 3.8) is 0 Å². The van der Waals surface area contributed by atoms with E-state index in [1.165, 1.54) is 0 Å². The molecule has 0 fully saturated rings. The summed E-state index contributed by atoms with van der Waals surface area (Å²) in [7, 11) is 2.07. The van der Waals surface area contributed by atoms with Crippen LogP contribution >= 0.6 is 0 Å². The van der Waals surface area contributed by atoms with Crippen molar-refractivity contribution in [1.82, 2.24) is 9.97 Å². The van der Waals surface area contributed by atoms with Gasteiger partial charge in [-0.05, 0) is 19.3 Å². The monoisotopic (exact) mass is 236 g/mol. The Labute approximate surface area is 104 Å². The third kappa shape index (κ3) is 4.59. The summed E-state index contributed by atoms with van der Waals surface area (Å²) in [6, 6.07) is 2.02. The zero-order chi connectivity index (χ0) is 13.1. The largest absolute Gasteiger partial charge is 0.359 e. The molecule has 1 aromatic heterocycles. The number of hydrogen-bond acceptors (Lipinski definition) is 4. The highest BCUT2D eigenvalue weighted by Crippen LogP contribution is 2.20. The highest BCUT2D eigenvalue weighted by Gasteiger charge is 2.15. The summed E-state index contributed by atoms with van der Waals surface area (Å²) in [6.45, 7) is 12.5. The molecule has 0 amide bonds. The summed E-state index contributed by atoms with van der Waals surface area (Å²) < 4.78 is 0. The fourth-order valence-corrected chi connectivity index (χ4v) is 1.78. The van der Waals surface area contributed by atoms with Crippen LogP contribution in [0.5, 0.6) is 0 Å². The molecule has 0 radical (unpaired) electrons. The van der Waals surface area contributed by atoms with Crippen LogP contribution in [0.1, 0.15) is 33.4 Å². The molecule has 1 heterocycles. The van der Waals surface area contributed by atoms with E-state index in [4.69, 9.17) is 0 Å². The molecule has 0 aliphatic rings. The van der Waals surface area contributed by atoms with Crippen molar-refractivity contribution in [2.24, 2.45) is 5.41 Å². The van der Waals surface area contributed by atoms with Crippen molar-refractivity contribution in [2.45, 2.75) is 34.6 Å². The van der Waals surface area contributed by atoms with Crippen molar-refractivity contribution in [2.75, 3.05) is 30.4 Å². The van der Waals surface area contributed by atoms with Gasteiger partial charge in [0.15, 0.2) is 0 Å². The summed E-state index contributed by atoms with van der Waals surface area (Å²) in [5.41, 5.74) is 1.25. The number of nitrogens with zero attached hydrogens (tertiary/aromatic N) is 3. The van der Waals surface area contributed by atoms with Gasteiger partial charge in [0.2, 0.25) is 5.95 Å². The number of aryl methyl sites for hydroxylation is 1. The zero-order valence-electron chi connectivity index (χ0n) is 11.8. The summed E-state index contributed by atoms with van der Waals surface area (Å²) in [6.07, 6.45) is 0. The van der Waals surface area contributed by atoms with E-state index in [0.29, 0.717) is 5.95 Å². The van der Waals surface area contributed by atoms with Gasteiger partial charge in [-0.25, -0.2) is 4.98 Å². The number of rotatable bonds is 4. The van der Waals surface area contributed by atoms with E-state index in [-0.39, 0.29) is 5.41 Å². The average molecular weight is 236 g/mol.